The van der Waals surface area contributed by atoms with Gasteiger partial charge in [-0.2, -0.15) is 11.6 Å². The summed E-state index contributed by atoms with van der Waals surface area (Å²) in [5, 5.41) is 0. The molecule has 0 spiro atoms. The maximum atomic E-state index is 3.33. The Morgan fingerprint density at radius 2 is 1.83 bits per heavy atom. The van der Waals surface area contributed by atoms with Crippen LogP contribution in [0.4, 0.5) is 0 Å². The summed E-state index contributed by atoms with van der Waals surface area (Å²) < 4.78 is 0. The van der Waals surface area contributed by atoms with E-state index in [0.29, 0.717) is 0 Å². The van der Waals surface area contributed by atoms with Crippen molar-refractivity contribution >= 4 is 0 Å². The molecule has 67 valence electrons. The van der Waals surface area contributed by atoms with Crippen LogP contribution >= 0.6 is 0 Å². The van der Waals surface area contributed by atoms with Gasteiger partial charge < -0.3 is 24.8 Å². The minimum atomic E-state index is 0. The van der Waals surface area contributed by atoms with E-state index in [1.54, 1.807) is 0 Å². The fraction of sp³-hybridized carbons (Fsp3) is 0.556. The van der Waals surface area contributed by atoms with E-state index < -0.39 is 0 Å². The summed E-state index contributed by atoms with van der Waals surface area (Å²) in [6.45, 7) is 4.39. The molecule has 0 unspecified atom stereocenters. The van der Waals surface area contributed by atoms with Gasteiger partial charge in [-0.1, -0.05) is 26.7 Å². The minimum absolute atomic E-state index is 0. The average Bonchev–Trinajstić information content (AvgIpc) is 2.33. The molecule has 0 N–H and O–H groups in total. The minimum Gasteiger partial charge on any atom is -1.00 e. The van der Waals surface area contributed by atoms with Gasteiger partial charge in [0.2, 0.25) is 0 Å². The van der Waals surface area contributed by atoms with Crippen LogP contribution in [0.2, 0.25) is 0 Å². The third-order valence-electron chi connectivity index (χ3n) is 1.79. The van der Waals surface area contributed by atoms with Crippen molar-refractivity contribution in [2.75, 3.05) is 0 Å². The molecule has 0 aromatic heterocycles. The van der Waals surface area contributed by atoms with Crippen LogP contribution in [-0.2, 0) is 21.7 Å². The SMILES string of the molecule is CCC1=[C-]CC=C1CC.[Cl-].[Cl-].[Ti+3]. The molecule has 0 aromatic rings. The van der Waals surface area contributed by atoms with Gasteiger partial charge in [0.05, 0.1) is 0 Å². The third kappa shape index (κ3) is 4.72. The van der Waals surface area contributed by atoms with Gasteiger partial charge in [0.1, 0.15) is 0 Å². The third-order valence-corrected chi connectivity index (χ3v) is 1.79. The molecule has 1 aliphatic rings. The monoisotopic (exact) mass is 239 g/mol. The van der Waals surface area contributed by atoms with Gasteiger partial charge in [-0.25, -0.2) is 5.57 Å². The van der Waals surface area contributed by atoms with Crippen LogP contribution in [0.1, 0.15) is 33.1 Å². The molecule has 0 saturated carbocycles. The fourth-order valence-corrected chi connectivity index (χ4v) is 1.24. The summed E-state index contributed by atoms with van der Waals surface area (Å²) in [4.78, 5) is 0. The van der Waals surface area contributed by atoms with Gasteiger partial charge in [0.15, 0.2) is 0 Å². The Morgan fingerprint density at radius 3 is 2.17 bits per heavy atom. The molecular weight excluding hydrogens is 227 g/mol. The van der Waals surface area contributed by atoms with Crippen molar-refractivity contribution in [1.29, 1.82) is 0 Å². The van der Waals surface area contributed by atoms with Gasteiger partial charge in [0.25, 0.3) is 0 Å². The molecule has 0 atom stereocenters. The van der Waals surface area contributed by atoms with E-state index in [4.69, 9.17) is 0 Å². The first-order valence-corrected chi connectivity index (χ1v) is 3.67. The molecule has 1 rings (SSSR count). The summed E-state index contributed by atoms with van der Waals surface area (Å²) in [5.41, 5.74) is 2.95. The number of rotatable bonds is 2. The van der Waals surface area contributed by atoms with Crippen LogP contribution in [0.25, 0.3) is 0 Å². The Morgan fingerprint density at radius 1 is 1.25 bits per heavy atom. The van der Waals surface area contributed by atoms with Crippen LogP contribution < -0.4 is 24.8 Å². The van der Waals surface area contributed by atoms with E-state index in [1.165, 1.54) is 17.6 Å². The van der Waals surface area contributed by atoms with Gasteiger partial charge in [-0.3, -0.25) is 6.08 Å². The molecule has 12 heavy (non-hydrogen) atoms. The zero-order chi connectivity index (χ0) is 6.69. The Hall–Kier alpha value is 0.774. The second-order valence-corrected chi connectivity index (χ2v) is 2.30. The van der Waals surface area contributed by atoms with E-state index in [9.17, 15) is 0 Å². The Labute approximate surface area is 103 Å². The predicted octanol–water partition coefficient (Wildman–Crippen LogP) is -3.13. The maximum Gasteiger partial charge on any atom is 3.00 e. The van der Waals surface area contributed by atoms with E-state index in [1.807, 2.05) is 0 Å². The average molecular weight is 240 g/mol. The van der Waals surface area contributed by atoms with Gasteiger partial charge in [0, 0.05) is 0 Å². The number of hydrogen-bond donors (Lipinski definition) is 0. The Bertz CT molecular complexity index is 144. The van der Waals surface area contributed by atoms with Crippen LogP contribution in [0.15, 0.2) is 17.2 Å². The fourth-order valence-electron chi connectivity index (χ4n) is 1.24. The van der Waals surface area contributed by atoms with E-state index >= 15 is 0 Å². The molecule has 0 saturated heterocycles. The topological polar surface area (TPSA) is 0 Å². The number of halogens is 2. The van der Waals surface area contributed by atoms with Crippen molar-refractivity contribution in [3.8, 4) is 0 Å². The Balaban J connectivity index is -0.000000270. The largest absolute Gasteiger partial charge is 3.00 e. The van der Waals surface area contributed by atoms with Crippen LogP contribution in [-0.4, -0.2) is 0 Å². The van der Waals surface area contributed by atoms with Gasteiger partial charge >= 0.3 is 21.7 Å². The van der Waals surface area contributed by atoms with E-state index in [-0.39, 0.29) is 46.5 Å². The predicted molar refractivity (Wildman–Crippen MR) is 40.0 cm³/mol. The van der Waals surface area contributed by atoms with E-state index in [2.05, 4.69) is 26.0 Å². The second-order valence-electron chi connectivity index (χ2n) is 2.30. The number of allylic oxidation sites excluding steroid dienone is 4. The first kappa shape index (κ1) is 18.5. The summed E-state index contributed by atoms with van der Waals surface area (Å²) >= 11 is 0. The molecule has 3 heteroatoms. The van der Waals surface area contributed by atoms with Crippen LogP contribution in [0.3, 0.4) is 0 Å². The van der Waals surface area contributed by atoms with Crippen molar-refractivity contribution in [2.24, 2.45) is 0 Å². The molecule has 1 aliphatic carbocycles. The van der Waals surface area contributed by atoms with Gasteiger partial charge in [-0.15, -0.1) is 6.42 Å². The standard InChI is InChI=1S/C9H13.2ClH.Ti/c1-3-8-6-5-7-9(8)4-2;;;/h6H,3-5H2,1-2H3;2*1H;/q-1;;;+3/p-2. The van der Waals surface area contributed by atoms with E-state index in [0.717, 1.165) is 12.8 Å². The zero-order valence-corrected chi connectivity index (χ0v) is 10.5. The van der Waals surface area contributed by atoms with Crippen LogP contribution in [0, 0.1) is 6.08 Å². The molecule has 0 nitrogen and oxygen atoms in total. The number of hydrogen-bond acceptors (Lipinski definition) is 0. The van der Waals surface area contributed by atoms with Crippen LogP contribution in [0.5, 0.6) is 0 Å². The smallest absolute Gasteiger partial charge is 1.00 e. The summed E-state index contributed by atoms with van der Waals surface area (Å²) in [7, 11) is 0. The van der Waals surface area contributed by atoms with Crippen molar-refractivity contribution in [2.45, 2.75) is 33.1 Å². The normalized spacial score (nSPS) is 13.2. The molecule has 0 bridgehead atoms. The first-order valence-electron chi connectivity index (χ1n) is 3.67. The zero-order valence-electron chi connectivity index (χ0n) is 7.45. The maximum absolute atomic E-state index is 3.33. The Kier molecular flexibility index (Phi) is 15.2. The molecule has 0 amide bonds. The van der Waals surface area contributed by atoms with Crippen molar-refractivity contribution in [3.63, 3.8) is 0 Å². The van der Waals surface area contributed by atoms with Gasteiger partial charge in [-0.05, 0) is 0 Å². The molecule has 0 aliphatic heterocycles. The molecular formula is C9H13Cl2Ti. The van der Waals surface area contributed by atoms with Crippen molar-refractivity contribution in [3.05, 3.63) is 23.3 Å². The molecule has 1 radical (unpaired) electrons. The van der Waals surface area contributed by atoms with Crippen molar-refractivity contribution < 1.29 is 46.5 Å². The second kappa shape index (κ2) is 9.86. The summed E-state index contributed by atoms with van der Waals surface area (Å²) in [5.74, 6) is 0. The molecule has 0 heterocycles. The molecule has 0 aromatic carbocycles. The molecule has 0 fully saturated rings. The quantitative estimate of drug-likeness (QED) is 0.353. The summed E-state index contributed by atoms with van der Waals surface area (Å²) in [6, 6.07) is 0. The first-order chi connectivity index (χ1) is 4.38. The summed E-state index contributed by atoms with van der Waals surface area (Å²) in [6.07, 6.45) is 8.99. The van der Waals surface area contributed by atoms with Crippen molar-refractivity contribution in [1.82, 2.24) is 0 Å².